The Morgan fingerprint density at radius 2 is 0.750 bits per heavy atom. The standard InChI is InChI=1S/3C3H6OS.Na.H/c3*1-2-3(4)5;;/h3*2H2,1H3,(H,4,5);;. The molecule has 0 fully saturated rings. The van der Waals surface area contributed by atoms with E-state index in [1.165, 1.54) is 0 Å². The average Bonchev–Trinajstić information content (AvgIpc) is 2.19. The minimum atomic E-state index is -0.0509. The van der Waals surface area contributed by atoms with Crippen LogP contribution < -0.4 is 0 Å². The van der Waals surface area contributed by atoms with Crippen molar-refractivity contribution in [2.75, 3.05) is 0 Å². The van der Waals surface area contributed by atoms with Crippen LogP contribution in [0.3, 0.4) is 0 Å². The fourth-order valence-corrected chi connectivity index (χ4v) is 0. The second-order valence-electron chi connectivity index (χ2n) is 2.24. The van der Waals surface area contributed by atoms with Gasteiger partial charge in [0.2, 0.25) is 0 Å². The molecular weight excluding hydrogens is 275 g/mol. The van der Waals surface area contributed by atoms with Gasteiger partial charge in [0.05, 0.1) is 0 Å². The van der Waals surface area contributed by atoms with E-state index in [2.05, 4.69) is 37.9 Å². The summed E-state index contributed by atoms with van der Waals surface area (Å²) in [5.41, 5.74) is 0. The molecule has 0 aliphatic heterocycles. The normalized spacial score (nSPS) is 7.12. The summed E-state index contributed by atoms with van der Waals surface area (Å²) in [7, 11) is 0. The first-order valence-electron chi connectivity index (χ1n) is 4.47. The molecule has 0 saturated carbocycles. The van der Waals surface area contributed by atoms with Crippen LogP contribution in [0.5, 0.6) is 0 Å². The van der Waals surface area contributed by atoms with E-state index in [-0.39, 0.29) is 44.9 Å². The van der Waals surface area contributed by atoms with E-state index in [0.29, 0.717) is 19.3 Å². The van der Waals surface area contributed by atoms with Crippen molar-refractivity contribution in [1.29, 1.82) is 0 Å². The van der Waals surface area contributed by atoms with Crippen molar-refractivity contribution >= 4 is 82.8 Å². The molecule has 0 heterocycles. The number of carbonyl (C=O) groups excluding carboxylic acids is 3. The summed E-state index contributed by atoms with van der Waals surface area (Å²) in [6, 6.07) is 0. The molecular formula is C9H19NaO3S3. The zero-order valence-corrected chi connectivity index (χ0v) is 11.9. The third-order valence-corrected chi connectivity index (χ3v) is 1.86. The van der Waals surface area contributed by atoms with Gasteiger partial charge in [-0.1, -0.05) is 20.8 Å². The molecule has 0 aliphatic carbocycles. The first-order valence-corrected chi connectivity index (χ1v) is 5.81. The molecule has 0 aromatic rings. The van der Waals surface area contributed by atoms with E-state index in [4.69, 9.17) is 0 Å². The maximum absolute atomic E-state index is 9.68. The molecule has 0 amide bonds. The minimum absolute atomic E-state index is 0. The van der Waals surface area contributed by atoms with Crippen molar-refractivity contribution in [2.45, 2.75) is 40.0 Å². The predicted octanol–water partition coefficient (Wildman–Crippen LogP) is 1.91. The van der Waals surface area contributed by atoms with Gasteiger partial charge < -0.3 is 0 Å². The van der Waals surface area contributed by atoms with Gasteiger partial charge in [-0.05, 0) is 0 Å². The van der Waals surface area contributed by atoms with Gasteiger partial charge in [0, 0.05) is 19.3 Å². The third kappa shape index (κ3) is 59.7. The van der Waals surface area contributed by atoms with Crippen LogP contribution in [0.1, 0.15) is 40.0 Å². The van der Waals surface area contributed by atoms with Crippen molar-refractivity contribution in [3.05, 3.63) is 0 Å². The van der Waals surface area contributed by atoms with Crippen LogP contribution in [0.15, 0.2) is 0 Å². The van der Waals surface area contributed by atoms with Gasteiger partial charge in [0.15, 0.2) is 15.3 Å². The van der Waals surface area contributed by atoms with Gasteiger partial charge >= 0.3 is 29.6 Å². The molecule has 92 valence electrons. The molecule has 0 unspecified atom stereocenters. The van der Waals surface area contributed by atoms with Crippen molar-refractivity contribution in [2.24, 2.45) is 0 Å². The fourth-order valence-electron chi connectivity index (χ4n) is 0. The molecule has 3 nitrogen and oxygen atoms in total. The Kier molecular flexibility index (Phi) is 34.4. The molecule has 16 heavy (non-hydrogen) atoms. The Hall–Kier alpha value is 1.06. The van der Waals surface area contributed by atoms with Crippen LogP contribution >= 0.6 is 37.9 Å². The maximum atomic E-state index is 9.68. The number of thiol groups is 3. The molecule has 0 aromatic heterocycles. The van der Waals surface area contributed by atoms with Crippen LogP contribution in [-0.4, -0.2) is 44.9 Å². The van der Waals surface area contributed by atoms with Crippen molar-refractivity contribution in [3.63, 3.8) is 0 Å². The predicted molar refractivity (Wildman–Crippen MR) is 80.0 cm³/mol. The van der Waals surface area contributed by atoms with Crippen molar-refractivity contribution in [1.82, 2.24) is 0 Å². The van der Waals surface area contributed by atoms with Crippen LogP contribution in [-0.2, 0) is 14.4 Å². The van der Waals surface area contributed by atoms with Gasteiger partial charge in [0.1, 0.15) is 0 Å². The first-order chi connectivity index (χ1) is 6.81. The topological polar surface area (TPSA) is 51.2 Å². The van der Waals surface area contributed by atoms with Gasteiger partial charge in [-0.15, -0.1) is 37.9 Å². The Balaban J connectivity index is -0.0000000655. The van der Waals surface area contributed by atoms with Crippen LogP contribution in [0.2, 0.25) is 0 Å². The molecule has 0 saturated heterocycles. The van der Waals surface area contributed by atoms with Crippen molar-refractivity contribution < 1.29 is 14.4 Å². The number of hydrogen-bond donors (Lipinski definition) is 3. The Bertz CT molecular complexity index is 165. The summed E-state index contributed by atoms with van der Waals surface area (Å²) >= 11 is 10.4. The molecule has 0 N–H and O–H groups in total. The molecule has 0 aromatic carbocycles. The first kappa shape index (κ1) is 25.8. The summed E-state index contributed by atoms with van der Waals surface area (Å²) in [6.45, 7) is 5.32. The SMILES string of the molecule is CCC(=O)S.CCC(=O)S.CCC(=O)S.[NaH]. The third-order valence-electron chi connectivity index (χ3n) is 0.907. The second kappa shape index (κ2) is 21.4. The Morgan fingerprint density at radius 1 is 0.688 bits per heavy atom. The molecule has 0 aliphatic rings. The monoisotopic (exact) mass is 294 g/mol. The molecule has 0 rings (SSSR count). The number of hydrogen-bond acceptors (Lipinski definition) is 3. The Labute approximate surface area is 136 Å². The van der Waals surface area contributed by atoms with E-state index < -0.39 is 0 Å². The molecule has 0 atom stereocenters. The van der Waals surface area contributed by atoms with E-state index in [1.54, 1.807) is 20.8 Å². The quantitative estimate of drug-likeness (QED) is 0.550. The van der Waals surface area contributed by atoms with E-state index in [1.807, 2.05) is 0 Å². The van der Waals surface area contributed by atoms with E-state index in [0.717, 1.165) is 0 Å². The Morgan fingerprint density at radius 3 is 0.750 bits per heavy atom. The van der Waals surface area contributed by atoms with Gasteiger partial charge in [-0.25, -0.2) is 0 Å². The zero-order chi connectivity index (χ0) is 12.9. The van der Waals surface area contributed by atoms with E-state index in [9.17, 15) is 14.4 Å². The van der Waals surface area contributed by atoms with Crippen LogP contribution in [0.4, 0.5) is 0 Å². The molecule has 0 spiro atoms. The second-order valence-corrected chi connectivity index (χ2v) is 3.74. The van der Waals surface area contributed by atoms with Crippen LogP contribution in [0, 0.1) is 0 Å². The van der Waals surface area contributed by atoms with Gasteiger partial charge in [-0.2, -0.15) is 0 Å². The van der Waals surface area contributed by atoms with Crippen molar-refractivity contribution in [3.8, 4) is 0 Å². The summed E-state index contributed by atoms with van der Waals surface area (Å²) < 4.78 is 0. The summed E-state index contributed by atoms with van der Waals surface area (Å²) in [4.78, 5) is 29.0. The number of carbonyl (C=O) groups is 3. The summed E-state index contributed by atoms with van der Waals surface area (Å²) in [6.07, 6.45) is 1.59. The summed E-state index contributed by atoms with van der Waals surface area (Å²) in [5.74, 6) is 0. The molecule has 7 heteroatoms. The van der Waals surface area contributed by atoms with E-state index >= 15 is 0 Å². The summed E-state index contributed by atoms with van der Waals surface area (Å²) in [5, 5.41) is -0.153. The van der Waals surface area contributed by atoms with Gasteiger partial charge in [0.25, 0.3) is 0 Å². The fraction of sp³-hybridized carbons (Fsp3) is 0.667. The van der Waals surface area contributed by atoms with Crippen LogP contribution in [0.25, 0.3) is 0 Å². The average molecular weight is 294 g/mol. The van der Waals surface area contributed by atoms with Gasteiger partial charge in [-0.3, -0.25) is 14.4 Å². The molecule has 0 radical (unpaired) electrons. The number of rotatable bonds is 3. The zero-order valence-electron chi connectivity index (χ0n) is 9.19. The molecule has 0 bridgehead atoms.